The maximum Gasteiger partial charge on any atom is 0.338 e. The number of ether oxygens (including phenoxy) is 1. The average molecular weight is 305 g/mol. The van der Waals surface area contributed by atoms with Crippen molar-refractivity contribution in [3.8, 4) is 0 Å². The van der Waals surface area contributed by atoms with E-state index in [4.69, 9.17) is 15.4 Å². The summed E-state index contributed by atoms with van der Waals surface area (Å²) in [5.41, 5.74) is 0.988. The SMILES string of the molecule is CCc1ccc(S(=O)(=O)Cl)cc1C(=O)OC(C)CC. The zero-order chi connectivity index (χ0) is 14.6. The Bertz CT molecular complexity index is 566. The molecule has 0 fully saturated rings. The van der Waals surface area contributed by atoms with Crippen LogP contribution in [0.2, 0.25) is 0 Å². The lowest BCUT2D eigenvalue weighted by Gasteiger charge is -2.13. The van der Waals surface area contributed by atoms with Gasteiger partial charge in [0.05, 0.1) is 16.6 Å². The first-order valence-corrected chi connectivity index (χ1v) is 8.39. The summed E-state index contributed by atoms with van der Waals surface area (Å²) in [7, 11) is 1.43. The van der Waals surface area contributed by atoms with E-state index >= 15 is 0 Å². The summed E-state index contributed by atoms with van der Waals surface area (Å²) in [6.07, 6.45) is 1.09. The first-order chi connectivity index (χ1) is 8.79. The smallest absolute Gasteiger partial charge is 0.338 e. The Kier molecular flexibility index (Phi) is 5.38. The first-order valence-electron chi connectivity index (χ1n) is 6.08. The molecule has 1 aromatic rings. The van der Waals surface area contributed by atoms with Crippen molar-refractivity contribution >= 4 is 25.7 Å². The predicted octanol–water partition coefficient (Wildman–Crippen LogP) is 3.13. The van der Waals surface area contributed by atoms with Crippen LogP contribution in [0.5, 0.6) is 0 Å². The predicted molar refractivity (Wildman–Crippen MR) is 74.0 cm³/mol. The van der Waals surface area contributed by atoms with Crippen LogP contribution in [0.1, 0.15) is 43.1 Å². The molecule has 1 atom stereocenters. The highest BCUT2D eigenvalue weighted by molar-refractivity contribution is 8.13. The molecule has 0 aliphatic carbocycles. The van der Waals surface area contributed by atoms with Gasteiger partial charge < -0.3 is 4.74 Å². The lowest BCUT2D eigenvalue weighted by molar-refractivity contribution is 0.0333. The van der Waals surface area contributed by atoms with E-state index in [2.05, 4.69) is 0 Å². The molecule has 0 spiro atoms. The van der Waals surface area contributed by atoms with Gasteiger partial charge in [-0.25, -0.2) is 13.2 Å². The van der Waals surface area contributed by atoms with Gasteiger partial charge in [-0.3, -0.25) is 0 Å². The summed E-state index contributed by atoms with van der Waals surface area (Å²) in [6.45, 7) is 5.56. The number of hydrogen-bond acceptors (Lipinski definition) is 4. The fourth-order valence-corrected chi connectivity index (χ4v) is 2.31. The molecule has 4 nitrogen and oxygen atoms in total. The number of carbonyl (C=O) groups is 1. The summed E-state index contributed by atoms with van der Waals surface area (Å²) < 4.78 is 27.8. The maximum atomic E-state index is 12.0. The largest absolute Gasteiger partial charge is 0.459 e. The van der Waals surface area contributed by atoms with Crippen molar-refractivity contribution in [3.63, 3.8) is 0 Å². The molecule has 6 heteroatoms. The number of esters is 1. The second-order valence-electron chi connectivity index (χ2n) is 4.23. The lowest BCUT2D eigenvalue weighted by atomic mass is 10.1. The minimum atomic E-state index is -3.85. The van der Waals surface area contributed by atoms with Crippen LogP contribution in [-0.4, -0.2) is 20.5 Å². The number of hydrogen-bond donors (Lipinski definition) is 0. The molecule has 106 valence electrons. The minimum absolute atomic E-state index is 0.0949. The van der Waals surface area contributed by atoms with Crippen molar-refractivity contribution < 1.29 is 17.9 Å². The molecule has 0 N–H and O–H groups in total. The third kappa shape index (κ3) is 4.21. The van der Waals surface area contributed by atoms with Crippen LogP contribution in [0.25, 0.3) is 0 Å². The molecule has 0 aliphatic rings. The molecule has 0 aliphatic heterocycles. The van der Waals surface area contributed by atoms with E-state index in [0.29, 0.717) is 12.8 Å². The number of benzene rings is 1. The first kappa shape index (κ1) is 16.0. The molecule has 0 saturated carbocycles. The Balaban J connectivity index is 3.20. The van der Waals surface area contributed by atoms with Gasteiger partial charge >= 0.3 is 5.97 Å². The van der Waals surface area contributed by atoms with Crippen molar-refractivity contribution in [2.45, 2.75) is 44.6 Å². The lowest BCUT2D eigenvalue weighted by Crippen LogP contribution is -2.16. The Labute approximate surface area is 118 Å². The van der Waals surface area contributed by atoms with Crippen LogP contribution in [0, 0.1) is 0 Å². The van der Waals surface area contributed by atoms with Crippen molar-refractivity contribution in [2.75, 3.05) is 0 Å². The number of carbonyl (C=O) groups excluding carboxylic acids is 1. The topological polar surface area (TPSA) is 60.4 Å². The van der Waals surface area contributed by atoms with Crippen LogP contribution >= 0.6 is 10.7 Å². The van der Waals surface area contributed by atoms with E-state index in [9.17, 15) is 13.2 Å². The van der Waals surface area contributed by atoms with Crippen molar-refractivity contribution in [1.29, 1.82) is 0 Å². The molecule has 1 rings (SSSR count). The molecular weight excluding hydrogens is 288 g/mol. The van der Waals surface area contributed by atoms with Crippen LogP contribution in [0.15, 0.2) is 23.1 Å². The monoisotopic (exact) mass is 304 g/mol. The number of aryl methyl sites for hydroxylation is 1. The van der Waals surface area contributed by atoms with Gasteiger partial charge in [0.2, 0.25) is 0 Å². The van der Waals surface area contributed by atoms with E-state index in [1.807, 2.05) is 13.8 Å². The second-order valence-corrected chi connectivity index (χ2v) is 6.80. The van der Waals surface area contributed by atoms with Gasteiger partial charge in [0.15, 0.2) is 0 Å². The average Bonchev–Trinajstić information content (AvgIpc) is 2.36. The molecule has 0 heterocycles. The quantitative estimate of drug-likeness (QED) is 0.619. The normalized spacial score (nSPS) is 13.1. The summed E-state index contributed by atoms with van der Waals surface area (Å²) in [5, 5.41) is 0. The van der Waals surface area contributed by atoms with Crippen LogP contribution in [0.3, 0.4) is 0 Å². The summed E-state index contributed by atoms with van der Waals surface area (Å²) in [4.78, 5) is 11.9. The van der Waals surface area contributed by atoms with E-state index in [1.165, 1.54) is 12.1 Å². The molecule has 0 radical (unpaired) electrons. The highest BCUT2D eigenvalue weighted by Crippen LogP contribution is 2.21. The van der Waals surface area contributed by atoms with Gasteiger partial charge in [-0.2, -0.15) is 0 Å². The third-order valence-corrected chi connectivity index (χ3v) is 4.20. The molecule has 0 aromatic heterocycles. The van der Waals surface area contributed by atoms with Crippen LogP contribution < -0.4 is 0 Å². The Hall–Kier alpha value is -1.07. The van der Waals surface area contributed by atoms with E-state index in [0.717, 1.165) is 5.56 Å². The van der Waals surface area contributed by atoms with Gasteiger partial charge in [0, 0.05) is 10.7 Å². The van der Waals surface area contributed by atoms with Crippen molar-refractivity contribution in [1.82, 2.24) is 0 Å². The van der Waals surface area contributed by atoms with Gasteiger partial charge in [-0.15, -0.1) is 0 Å². The standard InChI is InChI=1S/C13H17ClO4S/c1-4-9(3)18-13(15)12-8-11(19(14,16)17)7-6-10(12)5-2/h6-9H,4-5H2,1-3H3. The summed E-state index contributed by atoms with van der Waals surface area (Å²) in [6, 6.07) is 4.25. The molecule has 0 bridgehead atoms. The maximum absolute atomic E-state index is 12.0. The molecule has 19 heavy (non-hydrogen) atoms. The Morgan fingerprint density at radius 3 is 2.47 bits per heavy atom. The summed E-state index contributed by atoms with van der Waals surface area (Å²) >= 11 is 0. The van der Waals surface area contributed by atoms with Crippen LogP contribution in [-0.2, 0) is 20.2 Å². The Morgan fingerprint density at radius 2 is 2.00 bits per heavy atom. The second kappa shape index (κ2) is 6.39. The molecular formula is C13H17ClO4S. The van der Waals surface area contributed by atoms with Gasteiger partial charge in [-0.05, 0) is 37.5 Å². The highest BCUT2D eigenvalue weighted by atomic mass is 35.7. The van der Waals surface area contributed by atoms with Crippen LogP contribution in [0.4, 0.5) is 0 Å². The zero-order valence-electron chi connectivity index (χ0n) is 11.1. The number of halogens is 1. The summed E-state index contributed by atoms with van der Waals surface area (Å²) in [5.74, 6) is -0.520. The van der Waals surface area contributed by atoms with Crippen molar-refractivity contribution in [3.05, 3.63) is 29.3 Å². The highest BCUT2D eigenvalue weighted by Gasteiger charge is 2.19. The molecule has 1 unspecified atom stereocenters. The fourth-order valence-electron chi connectivity index (χ4n) is 1.54. The third-order valence-electron chi connectivity index (χ3n) is 2.85. The van der Waals surface area contributed by atoms with Gasteiger partial charge in [-0.1, -0.05) is 19.9 Å². The van der Waals surface area contributed by atoms with E-state index in [1.54, 1.807) is 13.0 Å². The fraction of sp³-hybridized carbons (Fsp3) is 0.462. The van der Waals surface area contributed by atoms with Gasteiger partial charge in [0.1, 0.15) is 0 Å². The number of rotatable bonds is 5. The molecule has 0 saturated heterocycles. The van der Waals surface area contributed by atoms with E-state index in [-0.39, 0.29) is 16.6 Å². The van der Waals surface area contributed by atoms with Crippen molar-refractivity contribution in [2.24, 2.45) is 0 Å². The van der Waals surface area contributed by atoms with E-state index < -0.39 is 15.0 Å². The Morgan fingerprint density at radius 1 is 1.37 bits per heavy atom. The van der Waals surface area contributed by atoms with Gasteiger partial charge in [0.25, 0.3) is 9.05 Å². The zero-order valence-corrected chi connectivity index (χ0v) is 12.7. The molecule has 0 amide bonds. The minimum Gasteiger partial charge on any atom is -0.459 e. The molecule has 1 aromatic carbocycles.